The van der Waals surface area contributed by atoms with Gasteiger partial charge in [0.2, 0.25) is 0 Å². The van der Waals surface area contributed by atoms with Crippen LogP contribution in [0, 0.1) is 5.92 Å². The fraction of sp³-hybridized carbons (Fsp3) is 0.533. The molecule has 0 radical (unpaired) electrons. The number of alkyl halides is 2. The Morgan fingerprint density at radius 1 is 1.38 bits per heavy atom. The predicted molar refractivity (Wildman–Crippen MR) is 76.1 cm³/mol. The predicted octanol–water partition coefficient (Wildman–Crippen LogP) is 2.63. The number of nitrogens with zero attached hydrogens (tertiary/aromatic N) is 3. The van der Waals surface area contributed by atoms with Crippen molar-refractivity contribution in [1.82, 2.24) is 14.5 Å². The monoisotopic (exact) mass is 295 g/mol. The average Bonchev–Trinajstić information content (AvgIpc) is 3.02. The van der Waals surface area contributed by atoms with Crippen molar-refractivity contribution in [2.45, 2.75) is 32.5 Å². The van der Waals surface area contributed by atoms with Crippen molar-refractivity contribution >= 4 is 11.0 Å². The van der Waals surface area contributed by atoms with Crippen molar-refractivity contribution < 1.29 is 13.9 Å². The fourth-order valence-electron chi connectivity index (χ4n) is 3.02. The number of fused-ring (bicyclic) bond motifs is 1. The lowest BCUT2D eigenvalue weighted by Crippen LogP contribution is -2.25. The van der Waals surface area contributed by atoms with E-state index in [1.54, 1.807) is 31.2 Å². The van der Waals surface area contributed by atoms with Crippen LogP contribution >= 0.6 is 0 Å². The summed E-state index contributed by atoms with van der Waals surface area (Å²) in [5, 5.41) is 9.63. The highest BCUT2D eigenvalue weighted by Crippen LogP contribution is 2.26. The van der Waals surface area contributed by atoms with Crippen LogP contribution in [0.3, 0.4) is 0 Å². The van der Waals surface area contributed by atoms with Gasteiger partial charge in [0.05, 0.1) is 23.7 Å². The second kappa shape index (κ2) is 5.69. The van der Waals surface area contributed by atoms with Crippen LogP contribution in [0.25, 0.3) is 11.0 Å². The maximum atomic E-state index is 13.3. The second-order valence-corrected chi connectivity index (χ2v) is 5.69. The molecule has 6 heteroatoms. The maximum absolute atomic E-state index is 13.3. The Bertz CT molecular complexity index is 626. The zero-order valence-electron chi connectivity index (χ0n) is 11.9. The topological polar surface area (TPSA) is 41.3 Å². The molecule has 1 aromatic heterocycles. The molecule has 0 spiro atoms. The minimum Gasteiger partial charge on any atom is -0.393 e. The molecule has 3 rings (SSSR count). The van der Waals surface area contributed by atoms with Crippen LogP contribution in [0.15, 0.2) is 24.3 Å². The Balaban J connectivity index is 1.85. The summed E-state index contributed by atoms with van der Waals surface area (Å²) in [5.74, 6) is 0.604. The third-order valence-corrected chi connectivity index (χ3v) is 4.22. The number of hydrogen-bond acceptors (Lipinski definition) is 3. The molecular formula is C15H19F2N3O. The highest BCUT2D eigenvalue weighted by atomic mass is 19.3. The minimum atomic E-state index is -2.59. The lowest BCUT2D eigenvalue weighted by molar-refractivity contribution is 0.0684. The molecule has 21 heavy (non-hydrogen) atoms. The van der Waals surface area contributed by atoms with E-state index in [9.17, 15) is 13.9 Å². The molecule has 114 valence electrons. The molecule has 0 aliphatic carbocycles. The van der Waals surface area contributed by atoms with Crippen molar-refractivity contribution in [3.63, 3.8) is 0 Å². The number of rotatable bonds is 4. The quantitative estimate of drug-likeness (QED) is 0.943. The van der Waals surface area contributed by atoms with Gasteiger partial charge >= 0.3 is 6.55 Å². The van der Waals surface area contributed by atoms with Gasteiger partial charge in [-0.2, -0.15) is 8.78 Å². The van der Waals surface area contributed by atoms with Gasteiger partial charge < -0.3 is 5.11 Å². The second-order valence-electron chi connectivity index (χ2n) is 5.69. The molecule has 1 saturated heterocycles. The van der Waals surface area contributed by atoms with Crippen LogP contribution in [0.5, 0.6) is 0 Å². The molecule has 4 nitrogen and oxygen atoms in total. The summed E-state index contributed by atoms with van der Waals surface area (Å²) >= 11 is 0. The molecule has 1 aromatic carbocycles. The van der Waals surface area contributed by atoms with E-state index in [1.807, 2.05) is 0 Å². The van der Waals surface area contributed by atoms with E-state index in [1.165, 1.54) is 0 Å². The number of aromatic nitrogens is 2. The molecule has 2 unspecified atom stereocenters. The average molecular weight is 295 g/mol. The Hall–Kier alpha value is -1.53. The third-order valence-electron chi connectivity index (χ3n) is 4.22. The van der Waals surface area contributed by atoms with Crippen LogP contribution in [-0.4, -0.2) is 38.8 Å². The van der Waals surface area contributed by atoms with Crippen LogP contribution < -0.4 is 0 Å². The fourth-order valence-corrected chi connectivity index (χ4v) is 3.02. The lowest BCUT2D eigenvalue weighted by Gasteiger charge is -2.17. The largest absolute Gasteiger partial charge is 0.393 e. The van der Waals surface area contributed by atoms with Gasteiger partial charge in [-0.25, -0.2) is 4.98 Å². The van der Waals surface area contributed by atoms with Gasteiger partial charge in [-0.1, -0.05) is 12.1 Å². The summed E-state index contributed by atoms with van der Waals surface area (Å²) in [4.78, 5) is 6.43. The first kappa shape index (κ1) is 14.4. The van der Waals surface area contributed by atoms with E-state index < -0.39 is 6.55 Å². The number of benzene rings is 1. The Labute approximate surface area is 122 Å². The van der Waals surface area contributed by atoms with Gasteiger partial charge in [0, 0.05) is 6.54 Å². The summed E-state index contributed by atoms with van der Waals surface area (Å²) in [5.41, 5.74) is 1.06. The van der Waals surface area contributed by atoms with Gasteiger partial charge in [0.15, 0.2) is 0 Å². The van der Waals surface area contributed by atoms with Crippen molar-refractivity contribution in [2.24, 2.45) is 5.92 Å². The summed E-state index contributed by atoms with van der Waals surface area (Å²) in [6, 6.07) is 6.96. The van der Waals surface area contributed by atoms with Crippen molar-refractivity contribution in [3.8, 4) is 0 Å². The highest BCUT2D eigenvalue weighted by molar-refractivity contribution is 5.75. The first-order valence-electron chi connectivity index (χ1n) is 7.20. The number of aliphatic hydroxyl groups excluding tert-OH is 1. The van der Waals surface area contributed by atoms with Gasteiger partial charge in [-0.15, -0.1) is 0 Å². The van der Waals surface area contributed by atoms with Crippen LogP contribution in [0.4, 0.5) is 8.78 Å². The zero-order chi connectivity index (χ0) is 15.0. The molecule has 1 aliphatic heterocycles. The third kappa shape index (κ3) is 2.78. The number of hydrogen-bond donors (Lipinski definition) is 1. The first-order valence-corrected chi connectivity index (χ1v) is 7.20. The van der Waals surface area contributed by atoms with Crippen LogP contribution in [0.2, 0.25) is 0 Å². The molecule has 1 fully saturated rings. The summed E-state index contributed by atoms with van der Waals surface area (Å²) in [6.07, 6.45) is 0.538. The molecule has 0 bridgehead atoms. The molecule has 1 N–H and O–H groups in total. The van der Waals surface area contributed by atoms with E-state index in [-0.39, 0.29) is 12.0 Å². The minimum absolute atomic E-state index is 0.217. The number of halogens is 2. The molecule has 2 atom stereocenters. The Morgan fingerprint density at radius 3 is 2.81 bits per heavy atom. The van der Waals surface area contributed by atoms with E-state index >= 15 is 0 Å². The molecule has 1 aliphatic rings. The SMILES string of the molecule is CC(O)C1CCN(Cc2nc3ccccc3n2C(F)F)C1. The lowest BCUT2D eigenvalue weighted by atomic mass is 10.0. The molecule has 0 saturated carbocycles. The van der Waals surface area contributed by atoms with E-state index in [4.69, 9.17) is 0 Å². The van der Waals surface area contributed by atoms with Crippen molar-refractivity contribution in [1.29, 1.82) is 0 Å². The summed E-state index contributed by atoms with van der Waals surface area (Å²) in [7, 11) is 0. The standard InChI is InChI=1S/C15H19F2N3O/c1-10(21)11-6-7-19(8-11)9-14-18-12-4-2-3-5-13(12)20(14)15(16)17/h2-5,10-11,15,21H,6-9H2,1H3. The Kier molecular flexibility index (Phi) is 3.91. The van der Waals surface area contributed by atoms with Crippen molar-refractivity contribution in [2.75, 3.05) is 13.1 Å². The summed E-state index contributed by atoms with van der Waals surface area (Å²) < 4.78 is 27.7. The van der Waals surface area contributed by atoms with Crippen molar-refractivity contribution in [3.05, 3.63) is 30.1 Å². The highest BCUT2D eigenvalue weighted by Gasteiger charge is 2.28. The van der Waals surface area contributed by atoms with Crippen LogP contribution in [0.1, 0.15) is 25.7 Å². The Morgan fingerprint density at radius 2 is 2.14 bits per heavy atom. The number of imidazole rings is 1. The molecule has 2 heterocycles. The number of para-hydroxylation sites is 2. The molecule has 2 aromatic rings. The number of aliphatic hydroxyl groups is 1. The van der Waals surface area contributed by atoms with E-state index in [2.05, 4.69) is 9.88 Å². The smallest absolute Gasteiger partial charge is 0.320 e. The molecular weight excluding hydrogens is 276 g/mol. The molecule has 0 amide bonds. The van der Waals surface area contributed by atoms with Gasteiger partial charge in [0.1, 0.15) is 5.82 Å². The van der Waals surface area contributed by atoms with E-state index in [0.29, 0.717) is 23.4 Å². The van der Waals surface area contributed by atoms with E-state index in [0.717, 1.165) is 24.1 Å². The zero-order valence-corrected chi connectivity index (χ0v) is 11.9. The van der Waals surface area contributed by atoms with Gasteiger partial charge in [-0.3, -0.25) is 9.47 Å². The first-order chi connectivity index (χ1) is 10.1. The van der Waals surface area contributed by atoms with Gasteiger partial charge in [0.25, 0.3) is 0 Å². The normalized spacial score (nSPS) is 21.5. The van der Waals surface area contributed by atoms with Gasteiger partial charge in [-0.05, 0) is 37.9 Å². The maximum Gasteiger partial charge on any atom is 0.320 e. The summed E-state index contributed by atoms with van der Waals surface area (Å²) in [6.45, 7) is 1.11. The van der Waals surface area contributed by atoms with Crippen LogP contribution in [-0.2, 0) is 6.54 Å². The number of likely N-dealkylation sites (tertiary alicyclic amines) is 1.